The summed E-state index contributed by atoms with van der Waals surface area (Å²) in [6.07, 6.45) is 3.08. The van der Waals surface area contributed by atoms with E-state index in [2.05, 4.69) is 18.7 Å². The molecule has 92 valence electrons. The highest BCUT2D eigenvalue weighted by Crippen LogP contribution is 2.25. The van der Waals surface area contributed by atoms with Gasteiger partial charge in [-0.15, -0.1) is 0 Å². The van der Waals surface area contributed by atoms with E-state index < -0.39 is 0 Å². The van der Waals surface area contributed by atoms with Crippen molar-refractivity contribution in [3.8, 4) is 5.75 Å². The van der Waals surface area contributed by atoms with E-state index in [0.29, 0.717) is 5.56 Å². The average Bonchev–Trinajstić information content (AvgIpc) is 2.29. The van der Waals surface area contributed by atoms with Crippen LogP contribution in [-0.4, -0.2) is 24.0 Å². The van der Waals surface area contributed by atoms with Gasteiger partial charge in [0, 0.05) is 30.4 Å². The van der Waals surface area contributed by atoms with Gasteiger partial charge in [-0.1, -0.05) is 0 Å². The number of anilines is 1. The minimum Gasteiger partial charge on any atom is -0.507 e. The van der Waals surface area contributed by atoms with Crippen LogP contribution < -0.4 is 4.90 Å². The van der Waals surface area contributed by atoms with Gasteiger partial charge in [0.1, 0.15) is 5.75 Å². The number of allylic oxidation sites excluding steroid dienone is 1. The van der Waals surface area contributed by atoms with Crippen molar-refractivity contribution in [3.05, 3.63) is 29.8 Å². The van der Waals surface area contributed by atoms with Crippen LogP contribution in [-0.2, 0) is 4.79 Å². The Hall–Kier alpha value is -1.77. The standard InChI is InChI=1S/C14H19NO2/c1-4-15(5-2)13-9-8-12(14(17)10-13)7-6-11(3)16/h6-10,17H,4-5H2,1-3H3/b7-6+. The zero-order valence-electron chi connectivity index (χ0n) is 10.6. The Labute approximate surface area is 102 Å². The largest absolute Gasteiger partial charge is 0.507 e. The summed E-state index contributed by atoms with van der Waals surface area (Å²) in [4.78, 5) is 13.0. The van der Waals surface area contributed by atoms with Crippen LogP contribution in [0.1, 0.15) is 26.3 Å². The summed E-state index contributed by atoms with van der Waals surface area (Å²) >= 11 is 0. The Morgan fingerprint density at radius 2 is 2.00 bits per heavy atom. The molecule has 0 aromatic heterocycles. The number of carbonyl (C=O) groups excluding carboxylic acids is 1. The summed E-state index contributed by atoms with van der Waals surface area (Å²) in [7, 11) is 0. The van der Waals surface area contributed by atoms with E-state index >= 15 is 0 Å². The highest BCUT2D eigenvalue weighted by atomic mass is 16.3. The number of benzene rings is 1. The maximum absolute atomic E-state index is 10.8. The molecule has 0 saturated heterocycles. The van der Waals surface area contributed by atoms with Crippen molar-refractivity contribution in [2.24, 2.45) is 0 Å². The van der Waals surface area contributed by atoms with Crippen LogP contribution in [0.5, 0.6) is 5.75 Å². The summed E-state index contributed by atoms with van der Waals surface area (Å²) in [6, 6.07) is 5.50. The topological polar surface area (TPSA) is 40.5 Å². The third kappa shape index (κ3) is 3.63. The molecule has 1 aromatic carbocycles. The normalized spacial score (nSPS) is 10.8. The molecule has 0 spiro atoms. The number of phenols is 1. The Morgan fingerprint density at radius 1 is 1.35 bits per heavy atom. The molecule has 3 heteroatoms. The van der Waals surface area contributed by atoms with Gasteiger partial charge in [-0.25, -0.2) is 0 Å². The lowest BCUT2D eigenvalue weighted by Gasteiger charge is -2.21. The zero-order valence-corrected chi connectivity index (χ0v) is 10.6. The van der Waals surface area contributed by atoms with E-state index in [9.17, 15) is 9.90 Å². The Bertz CT molecular complexity index is 420. The van der Waals surface area contributed by atoms with Crippen molar-refractivity contribution in [2.75, 3.05) is 18.0 Å². The Morgan fingerprint density at radius 3 is 2.47 bits per heavy atom. The average molecular weight is 233 g/mol. The van der Waals surface area contributed by atoms with Gasteiger partial charge in [-0.05, 0) is 45.1 Å². The van der Waals surface area contributed by atoms with E-state index in [-0.39, 0.29) is 11.5 Å². The molecule has 1 rings (SSSR count). The van der Waals surface area contributed by atoms with E-state index in [0.717, 1.165) is 18.8 Å². The van der Waals surface area contributed by atoms with Crippen LogP contribution >= 0.6 is 0 Å². The lowest BCUT2D eigenvalue weighted by atomic mass is 10.1. The van der Waals surface area contributed by atoms with E-state index in [1.165, 1.54) is 13.0 Å². The molecule has 0 unspecified atom stereocenters. The van der Waals surface area contributed by atoms with Crippen LogP contribution in [0.15, 0.2) is 24.3 Å². The maximum Gasteiger partial charge on any atom is 0.152 e. The lowest BCUT2D eigenvalue weighted by Crippen LogP contribution is -2.21. The molecule has 0 aliphatic rings. The third-order valence-electron chi connectivity index (χ3n) is 2.64. The predicted molar refractivity (Wildman–Crippen MR) is 71.4 cm³/mol. The van der Waals surface area contributed by atoms with Gasteiger partial charge in [0.05, 0.1) is 0 Å². The quantitative estimate of drug-likeness (QED) is 0.795. The minimum absolute atomic E-state index is 0.0304. The smallest absolute Gasteiger partial charge is 0.152 e. The number of carbonyl (C=O) groups is 1. The van der Waals surface area contributed by atoms with Crippen LogP contribution in [0.4, 0.5) is 5.69 Å². The number of nitrogens with zero attached hydrogens (tertiary/aromatic N) is 1. The second kappa shape index (κ2) is 6.09. The molecule has 0 aliphatic carbocycles. The number of hydrogen-bond donors (Lipinski definition) is 1. The van der Waals surface area contributed by atoms with Gasteiger partial charge in [-0.2, -0.15) is 0 Å². The molecule has 3 nitrogen and oxygen atoms in total. The first-order valence-corrected chi connectivity index (χ1v) is 5.85. The molecule has 0 saturated carbocycles. The summed E-state index contributed by atoms with van der Waals surface area (Å²) in [5.41, 5.74) is 1.66. The fourth-order valence-electron chi connectivity index (χ4n) is 1.67. The van der Waals surface area contributed by atoms with Crippen molar-refractivity contribution in [1.29, 1.82) is 0 Å². The zero-order chi connectivity index (χ0) is 12.8. The first-order valence-electron chi connectivity index (χ1n) is 5.85. The summed E-state index contributed by atoms with van der Waals surface area (Å²) < 4.78 is 0. The monoisotopic (exact) mass is 233 g/mol. The molecular weight excluding hydrogens is 214 g/mol. The van der Waals surface area contributed by atoms with Crippen molar-refractivity contribution >= 4 is 17.5 Å². The van der Waals surface area contributed by atoms with Gasteiger partial charge >= 0.3 is 0 Å². The molecule has 0 aliphatic heterocycles. The lowest BCUT2D eigenvalue weighted by molar-refractivity contribution is -0.112. The Balaban J connectivity index is 2.97. The van der Waals surface area contributed by atoms with Crippen molar-refractivity contribution in [3.63, 3.8) is 0 Å². The fourth-order valence-corrected chi connectivity index (χ4v) is 1.67. The van der Waals surface area contributed by atoms with Crippen LogP contribution in [0, 0.1) is 0 Å². The number of hydrogen-bond acceptors (Lipinski definition) is 3. The molecule has 0 radical (unpaired) electrons. The number of aromatic hydroxyl groups is 1. The van der Waals surface area contributed by atoms with Crippen molar-refractivity contribution in [2.45, 2.75) is 20.8 Å². The van der Waals surface area contributed by atoms with E-state index in [1.54, 1.807) is 12.1 Å². The van der Waals surface area contributed by atoms with Gasteiger partial charge < -0.3 is 10.0 Å². The highest BCUT2D eigenvalue weighted by Gasteiger charge is 2.04. The number of rotatable bonds is 5. The molecular formula is C14H19NO2. The number of phenolic OH excluding ortho intramolecular Hbond substituents is 1. The molecule has 0 bridgehead atoms. The van der Waals surface area contributed by atoms with Crippen LogP contribution in [0.3, 0.4) is 0 Å². The SMILES string of the molecule is CCN(CC)c1ccc(/C=C/C(C)=O)c(O)c1. The fraction of sp³-hybridized carbons (Fsp3) is 0.357. The summed E-state index contributed by atoms with van der Waals surface area (Å²) in [5.74, 6) is 0.170. The predicted octanol–water partition coefficient (Wildman–Crippen LogP) is 2.84. The maximum atomic E-state index is 10.8. The van der Waals surface area contributed by atoms with Crippen LogP contribution in [0.2, 0.25) is 0 Å². The molecule has 1 aromatic rings. The number of ketones is 1. The first kappa shape index (κ1) is 13.3. The molecule has 0 heterocycles. The highest BCUT2D eigenvalue weighted by molar-refractivity contribution is 5.92. The molecule has 0 fully saturated rings. The van der Waals surface area contributed by atoms with Gasteiger partial charge in [0.2, 0.25) is 0 Å². The van der Waals surface area contributed by atoms with Gasteiger partial charge in [0.25, 0.3) is 0 Å². The van der Waals surface area contributed by atoms with Crippen LogP contribution in [0.25, 0.3) is 6.08 Å². The van der Waals surface area contributed by atoms with Gasteiger partial charge in [-0.3, -0.25) is 4.79 Å². The van der Waals surface area contributed by atoms with Crippen molar-refractivity contribution < 1.29 is 9.90 Å². The Kier molecular flexibility index (Phi) is 4.76. The molecule has 0 atom stereocenters. The summed E-state index contributed by atoms with van der Waals surface area (Å²) in [6.45, 7) is 7.43. The third-order valence-corrected chi connectivity index (χ3v) is 2.64. The van der Waals surface area contributed by atoms with E-state index in [4.69, 9.17) is 0 Å². The van der Waals surface area contributed by atoms with E-state index in [1.807, 2.05) is 12.1 Å². The van der Waals surface area contributed by atoms with Gasteiger partial charge in [0.15, 0.2) is 5.78 Å². The molecule has 0 amide bonds. The van der Waals surface area contributed by atoms with Crippen molar-refractivity contribution in [1.82, 2.24) is 0 Å². The molecule has 17 heavy (non-hydrogen) atoms. The second-order valence-corrected chi connectivity index (χ2v) is 3.86. The first-order chi connectivity index (χ1) is 8.08. The minimum atomic E-state index is -0.0304. The summed E-state index contributed by atoms with van der Waals surface area (Å²) in [5, 5.41) is 9.85. The molecule has 1 N–H and O–H groups in total. The second-order valence-electron chi connectivity index (χ2n) is 3.86.